The van der Waals surface area contributed by atoms with Gasteiger partial charge in [0.15, 0.2) is 5.82 Å². The van der Waals surface area contributed by atoms with E-state index in [9.17, 15) is 14.5 Å². The van der Waals surface area contributed by atoms with Crippen molar-refractivity contribution in [3.05, 3.63) is 34.1 Å². The molecule has 1 aromatic carbocycles. The molecule has 7 heteroatoms. The van der Waals surface area contributed by atoms with E-state index in [2.05, 4.69) is 30.6 Å². The van der Waals surface area contributed by atoms with E-state index in [4.69, 9.17) is 0 Å². The van der Waals surface area contributed by atoms with Gasteiger partial charge in [0.05, 0.1) is 16.7 Å². The van der Waals surface area contributed by atoms with Crippen LogP contribution in [0.25, 0.3) is 0 Å². The Labute approximate surface area is 161 Å². The molecule has 0 atom stereocenters. The largest absolute Gasteiger partial charge is 0.369 e. The minimum atomic E-state index is -0.557. The maximum Gasteiger partial charge on any atom is 0.272 e. The van der Waals surface area contributed by atoms with Crippen LogP contribution in [-0.4, -0.2) is 66.1 Å². The summed E-state index contributed by atoms with van der Waals surface area (Å²) in [5.74, 6) is 0.143. The Kier molecular flexibility index (Phi) is 6.01. The molecule has 2 saturated heterocycles. The Bertz CT molecular complexity index is 660. The highest BCUT2D eigenvalue weighted by atomic mass is 19.1. The lowest BCUT2D eigenvalue weighted by Crippen LogP contribution is -2.54. The number of halogens is 1. The molecule has 2 aliphatic rings. The van der Waals surface area contributed by atoms with E-state index in [0.717, 1.165) is 64.7 Å². The molecule has 0 N–H and O–H groups in total. The summed E-state index contributed by atoms with van der Waals surface area (Å²) in [7, 11) is 0. The van der Waals surface area contributed by atoms with Crippen molar-refractivity contribution in [1.29, 1.82) is 0 Å². The smallest absolute Gasteiger partial charge is 0.272 e. The summed E-state index contributed by atoms with van der Waals surface area (Å²) in [4.78, 5) is 17.3. The fraction of sp³-hybridized carbons (Fsp3) is 0.700. The van der Waals surface area contributed by atoms with E-state index in [1.807, 2.05) is 4.90 Å². The highest BCUT2D eigenvalue weighted by molar-refractivity contribution is 5.52. The molecule has 0 spiro atoms. The van der Waals surface area contributed by atoms with Gasteiger partial charge in [-0.1, -0.05) is 0 Å². The number of nitro groups is 1. The second kappa shape index (κ2) is 8.10. The minimum Gasteiger partial charge on any atom is -0.369 e. The van der Waals surface area contributed by atoms with Gasteiger partial charge in [-0.25, -0.2) is 4.39 Å². The summed E-state index contributed by atoms with van der Waals surface area (Å²) in [6.45, 7) is 14.0. The van der Waals surface area contributed by atoms with Crippen LogP contribution in [0.2, 0.25) is 0 Å². The van der Waals surface area contributed by atoms with Gasteiger partial charge in [0.25, 0.3) is 5.69 Å². The first kappa shape index (κ1) is 20.0. The maximum atomic E-state index is 14.2. The number of hydrogen-bond acceptors (Lipinski definition) is 5. The third-order valence-corrected chi connectivity index (χ3v) is 5.93. The average molecular weight is 378 g/mol. The SMILES string of the molecule is CC(C)(C)N1CCN(CC2CCN(c3ccc([N+](=O)[O-])cc3F)CC2)CC1. The van der Waals surface area contributed by atoms with Gasteiger partial charge in [0, 0.05) is 57.4 Å². The number of benzene rings is 1. The first-order valence-corrected chi connectivity index (χ1v) is 9.90. The molecule has 27 heavy (non-hydrogen) atoms. The molecule has 150 valence electrons. The number of rotatable bonds is 4. The molecule has 0 bridgehead atoms. The van der Waals surface area contributed by atoms with Crippen molar-refractivity contribution in [3.63, 3.8) is 0 Å². The molecule has 0 aromatic heterocycles. The number of nitro benzene ring substituents is 1. The topological polar surface area (TPSA) is 52.9 Å². The van der Waals surface area contributed by atoms with Crippen molar-refractivity contribution in [2.45, 2.75) is 39.2 Å². The third kappa shape index (κ3) is 4.96. The molecular weight excluding hydrogens is 347 g/mol. The molecule has 6 nitrogen and oxygen atoms in total. The first-order chi connectivity index (χ1) is 12.7. The molecule has 0 aliphatic carbocycles. The fourth-order valence-corrected chi connectivity index (χ4v) is 4.19. The molecule has 2 heterocycles. The summed E-state index contributed by atoms with van der Waals surface area (Å²) in [6, 6.07) is 3.95. The van der Waals surface area contributed by atoms with Gasteiger partial charge in [0.1, 0.15) is 0 Å². The number of non-ortho nitro benzene ring substituents is 1. The second-order valence-corrected chi connectivity index (χ2v) is 8.78. The number of hydrogen-bond donors (Lipinski definition) is 0. The predicted octanol–water partition coefficient (Wildman–Crippen LogP) is 3.37. The summed E-state index contributed by atoms with van der Waals surface area (Å²) in [6.07, 6.45) is 2.08. The normalized spacial score (nSPS) is 20.8. The van der Waals surface area contributed by atoms with Crippen molar-refractivity contribution in [1.82, 2.24) is 9.80 Å². The van der Waals surface area contributed by atoms with Crippen molar-refractivity contribution < 1.29 is 9.31 Å². The Hall–Kier alpha value is -1.73. The number of piperazine rings is 1. The molecule has 0 amide bonds. The molecule has 2 fully saturated rings. The summed E-state index contributed by atoms with van der Waals surface area (Å²) < 4.78 is 14.2. The van der Waals surface area contributed by atoms with Crippen molar-refractivity contribution >= 4 is 11.4 Å². The second-order valence-electron chi connectivity index (χ2n) is 8.78. The van der Waals surface area contributed by atoms with Gasteiger partial charge in [-0.3, -0.25) is 15.0 Å². The summed E-state index contributed by atoms with van der Waals surface area (Å²) in [5, 5.41) is 10.8. The van der Waals surface area contributed by atoms with Crippen LogP contribution in [-0.2, 0) is 0 Å². The molecule has 0 saturated carbocycles. The summed E-state index contributed by atoms with van der Waals surface area (Å²) in [5.41, 5.74) is 0.532. The van der Waals surface area contributed by atoms with Gasteiger partial charge >= 0.3 is 0 Å². The van der Waals surface area contributed by atoms with Crippen LogP contribution in [0.5, 0.6) is 0 Å². The predicted molar refractivity (Wildman–Crippen MR) is 106 cm³/mol. The average Bonchev–Trinajstić information content (AvgIpc) is 2.62. The Morgan fingerprint density at radius 1 is 1.11 bits per heavy atom. The first-order valence-electron chi connectivity index (χ1n) is 9.90. The monoisotopic (exact) mass is 378 g/mol. The number of piperidine rings is 1. The Morgan fingerprint density at radius 2 is 1.74 bits per heavy atom. The van der Waals surface area contributed by atoms with Gasteiger partial charge in [-0.2, -0.15) is 0 Å². The maximum absolute atomic E-state index is 14.2. The van der Waals surface area contributed by atoms with Crippen LogP contribution in [0.15, 0.2) is 18.2 Å². The zero-order valence-corrected chi connectivity index (χ0v) is 16.7. The van der Waals surface area contributed by atoms with E-state index in [1.165, 1.54) is 6.07 Å². The van der Waals surface area contributed by atoms with Gasteiger partial charge in [-0.15, -0.1) is 0 Å². The van der Waals surface area contributed by atoms with Crippen molar-refractivity contribution in [2.75, 3.05) is 50.7 Å². The van der Waals surface area contributed by atoms with Crippen LogP contribution in [0.4, 0.5) is 15.8 Å². The van der Waals surface area contributed by atoms with E-state index in [1.54, 1.807) is 6.07 Å². The zero-order valence-electron chi connectivity index (χ0n) is 16.7. The molecule has 1 aromatic rings. The Balaban J connectivity index is 1.48. The zero-order chi connectivity index (χ0) is 19.6. The van der Waals surface area contributed by atoms with Crippen LogP contribution in [0, 0.1) is 21.8 Å². The molecular formula is C20H31FN4O2. The minimum absolute atomic E-state index is 0.194. The fourth-order valence-electron chi connectivity index (χ4n) is 4.19. The van der Waals surface area contributed by atoms with Crippen LogP contribution < -0.4 is 4.90 Å². The lowest BCUT2D eigenvalue weighted by molar-refractivity contribution is -0.385. The van der Waals surface area contributed by atoms with E-state index < -0.39 is 10.7 Å². The quantitative estimate of drug-likeness (QED) is 0.594. The third-order valence-electron chi connectivity index (χ3n) is 5.93. The standard InChI is InChI=1S/C20H31FN4O2/c1-20(2,3)24-12-10-22(11-13-24)15-16-6-8-23(9-7-16)19-5-4-17(25(26)27)14-18(19)21/h4-5,14,16H,6-13,15H2,1-3H3. The molecule has 0 radical (unpaired) electrons. The highest BCUT2D eigenvalue weighted by Crippen LogP contribution is 2.29. The number of anilines is 1. The van der Waals surface area contributed by atoms with E-state index >= 15 is 0 Å². The van der Waals surface area contributed by atoms with Gasteiger partial charge in [-0.05, 0) is 45.6 Å². The van der Waals surface area contributed by atoms with Crippen LogP contribution >= 0.6 is 0 Å². The molecule has 3 rings (SSSR count). The van der Waals surface area contributed by atoms with E-state index in [-0.39, 0.29) is 11.2 Å². The van der Waals surface area contributed by atoms with Crippen molar-refractivity contribution in [3.8, 4) is 0 Å². The summed E-state index contributed by atoms with van der Waals surface area (Å²) >= 11 is 0. The van der Waals surface area contributed by atoms with Crippen LogP contribution in [0.1, 0.15) is 33.6 Å². The van der Waals surface area contributed by atoms with Crippen molar-refractivity contribution in [2.24, 2.45) is 5.92 Å². The number of nitrogens with zero attached hydrogens (tertiary/aromatic N) is 4. The lowest BCUT2D eigenvalue weighted by atomic mass is 9.95. The molecule has 0 unspecified atom stereocenters. The Morgan fingerprint density at radius 3 is 2.26 bits per heavy atom. The van der Waals surface area contributed by atoms with Crippen LogP contribution in [0.3, 0.4) is 0 Å². The molecule has 2 aliphatic heterocycles. The van der Waals surface area contributed by atoms with Gasteiger partial charge < -0.3 is 9.80 Å². The highest BCUT2D eigenvalue weighted by Gasteiger charge is 2.28. The van der Waals surface area contributed by atoms with E-state index in [0.29, 0.717) is 11.6 Å². The van der Waals surface area contributed by atoms with Gasteiger partial charge in [0.2, 0.25) is 0 Å². The lowest BCUT2D eigenvalue weighted by Gasteiger charge is -2.43.